The summed E-state index contributed by atoms with van der Waals surface area (Å²) in [5, 5.41) is 0.845. The number of aromatic nitrogens is 1. The zero-order chi connectivity index (χ0) is 19.6. The molecule has 0 spiro atoms. The van der Waals surface area contributed by atoms with Crippen LogP contribution < -0.4 is 4.90 Å². The van der Waals surface area contributed by atoms with Crippen molar-refractivity contribution in [1.29, 1.82) is 0 Å². The molecule has 2 aromatic carbocycles. The second-order valence-corrected chi connectivity index (χ2v) is 9.22. The Morgan fingerprint density at radius 3 is 2.79 bits per heavy atom. The number of nitrogens with zero attached hydrogens (tertiary/aromatic N) is 2. The van der Waals surface area contributed by atoms with Crippen molar-refractivity contribution >= 4 is 32.5 Å². The van der Waals surface area contributed by atoms with Crippen LogP contribution >= 0.6 is 0 Å². The highest BCUT2D eigenvalue weighted by atomic mass is 32.2. The van der Waals surface area contributed by atoms with E-state index >= 15 is 0 Å². The molecule has 0 unspecified atom stereocenters. The molecule has 0 bridgehead atoms. The van der Waals surface area contributed by atoms with E-state index in [-0.39, 0.29) is 29.6 Å². The summed E-state index contributed by atoms with van der Waals surface area (Å²) in [6, 6.07) is 9.36. The molecule has 6 nitrogen and oxygen atoms in total. The molecule has 0 radical (unpaired) electrons. The molecule has 0 atom stereocenters. The van der Waals surface area contributed by atoms with Gasteiger partial charge in [0.1, 0.15) is 5.82 Å². The van der Waals surface area contributed by atoms with Gasteiger partial charge in [0.05, 0.1) is 11.3 Å². The number of hydrogen-bond donors (Lipinski definition) is 1. The molecule has 1 amide bonds. The maximum atomic E-state index is 13.5. The van der Waals surface area contributed by atoms with Crippen molar-refractivity contribution in [2.24, 2.45) is 0 Å². The molecule has 3 heterocycles. The highest BCUT2D eigenvalue weighted by Gasteiger charge is 2.32. The molecule has 1 aromatic heterocycles. The molecule has 0 aliphatic carbocycles. The van der Waals surface area contributed by atoms with Crippen LogP contribution in [0.2, 0.25) is 0 Å². The van der Waals surface area contributed by atoms with E-state index in [4.69, 9.17) is 0 Å². The van der Waals surface area contributed by atoms with Crippen LogP contribution in [0.25, 0.3) is 10.9 Å². The summed E-state index contributed by atoms with van der Waals surface area (Å²) in [5.41, 5.74) is 4.01. The molecule has 0 fully saturated rings. The number of anilines is 1. The average molecular weight is 399 g/mol. The summed E-state index contributed by atoms with van der Waals surface area (Å²) in [6.07, 6.45) is 0.754. The summed E-state index contributed by atoms with van der Waals surface area (Å²) in [5.74, 6) is -0.369. The number of carbonyl (C=O) groups is 1. The topological polar surface area (TPSA) is 73.5 Å². The van der Waals surface area contributed by atoms with Crippen molar-refractivity contribution in [3.05, 3.63) is 59.0 Å². The molecular formula is C20H18FN3O3S. The number of halogens is 1. The predicted octanol–water partition coefficient (Wildman–Crippen LogP) is 2.57. The highest BCUT2D eigenvalue weighted by molar-refractivity contribution is 7.89. The molecule has 144 valence electrons. The Hall–Kier alpha value is -2.71. The van der Waals surface area contributed by atoms with Gasteiger partial charge in [0, 0.05) is 48.8 Å². The minimum atomic E-state index is -3.70. The van der Waals surface area contributed by atoms with Crippen molar-refractivity contribution in [2.45, 2.75) is 24.3 Å². The quantitative estimate of drug-likeness (QED) is 0.720. The van der Waals surface area contributed by atoms with Gasteiger partial charge in [-0.15, -0.1) is 0 Å². The first-order valence-corrected chi connectivity index (χ1v) is 10.5. The first kappa shape index (κ1) is 17.4. The minimum absolute atomic E-state index is 0.0433. The smallest absolute Gasteiger partial charge is 0.243 e. The van der Waals surface area contributed by atoms with Crippen LogP contribution in [0.15, 0.2) is 41.3 Å². The van der Waals surface area contributed by atoms with E-state index in [1.54, 1.807) is 36.2 Å². The van der Waals surface area contributed by atoms with Crippen molar-refractivity contribution in [3.63, 3.8) is 0 Å². The molecule has 0 saturated heterocycles. The number of carbonyl (C=O) groups excluding carboxylic acids is 1. The number of H-pyrrole nitrogens is 1. The maximum Gasteiger partial charge on any atom is 0.243 e. The number of likely N-dealkylation sites (N-methyl/N-ethyl adjacent to an activating group) is 1. The molecule has 0 saturated carbocycles. The Balaban J connectivity index is 1.51. The van der Waals surface area contributed by atoms with Gasteiger partial charge >= 0.3 is 0 Å². The van der Waals surface area contributed by atoms with Gasteiger partial charge in [-0.05, 0) is 47.5 Å². The first-order chi connectivity index (χ1) is 13.3. The van der Waals surface area contributed by atoms with Gasteiger partial charge in [-0.2, -0.15) is 4.31 Å². The number of amides is 1. The second-order valence-electron chi connectivity index (χ2n) is 7.28. The summed E-state index contributed by atoms with van der Waals surface area (Å²) in [4.78, 5) is 16.8. The predicted molar refractivity (Wildman–Crippen MR) is 103 cm³/mol. The Morgan fingerprint density at radius 2 is 1.96 bits per heavy atom. The Bertz CT molecular complexity index is 1250. The lowest BCUT2D eigenvalue weighted by Crippen LogP contribution is -2.35. The van der Waals surface area contributed by atoms with Crippen molar-refractivity contribution < 1.29 is 17.6 Å². The third-order valence-electron chi connectivity index (χ3n) is 5.67. The van der Waals surface area contributed by atoms with Gasteiger partial charge in [-0.25, -0.2) is 12.8 Å². The summed E-state index contributed by atoms with van der Waals surface area (Å²) < 4.78 is 41.4. The highest BCUT2D eigenvalue weighted by Crippen LogP contribution is 2.34. The zero-order valence-corrected chi connectivity index (χ0v) is 16.0. The average Bonchev–Trinajstić information content (AvgIpc) is 3.17. The normalized spacial score (nSPS) is 17.2. The number of benzene rings is 2. The lowest BCUT2D eigenvalue weighted by molar-refractivity contribution is -0.117. The van der Waals surface area contributed by atoms with Gasteiger partial charge in [0.2, 0.25) is 15.9 Å². The Labute approximate surface area is 161 Å². The summed E-state index contributed by atoms with van der Waals surface area (Å²) >= 11 is 0. The number of nitrogens with one attached hydrogen (secondary N) is 1. The second kappa shape index (κ2) is 5.89. The van der Waals surface area contributed by atoms with E-state index in [0.717, 1.165) is 27.9 Å². The fraction of sp³-hybridized carbons (Fsp3) is 0.250. The lowest BCUT2D eigenvalue weighted by atomic mass is 10.1. The van der Waals surface area contributed by atoms with Crippen LogP contribution in [-0.4, -0.2) is 37.2 Å². The first-order valence-electron chi connectivity index (χ1n) is 9.03. The van der Waals surface area contributed by atoms with E-state index in [9.17, 15) is 17.6 Å². The van der Waals surface area contributed by atoms with E-state index in [1.807, 2.05) is 0 Å². The van der Waals surface area contributed by atoms with E-state index in [0.29, 0.717) is 18.5 Å². The van der Waals surface area contributed by atoms with Crippen LogP contribution in [0.1, 0.15) is 16.8 Å². The molecule has 5 rings (SSSR count). The largest absolute Gasteiger partial charge is 0.358 e. The molecule has 3 aromatic rings. The van der Waals surface area contributed by atoms with E-state index in [1.165, 1.54) is 16.4 Å². The zero-order valence-electron chi connectivity index (χ0n) is 15.2. The standard InChI is InChI=1S/C20H18FN3O3S/c1-23-19-5-3-14(8-12(19)9-20(23)25)28(26,27)24-7-6-17-16(11-24)15-4-2-13(21)10-18(15)22-17/h2-5,8,10,22H,6-7,9,11H2,1H3. The fourth-order valence-corrected chi connectivity index (χ4v) is 5.59. The van der Waals surface area contributed by atoms with Crippen molar-refractivity contribution in [2.75, 3.05) is 18.5 Å². The van der Waals surface area contributed by atoms with Crippen LogP contribution in [0.5, 0.6) is 0 Å². The minimum Gasteiger partial charge on any atom is -0.358 e. The molecule has 28 heavy (non-hydrogen) atoms. The molecule has 1 N–H and O–H groups in total. The third-order valence-corrected chi connectivity index (χ3v) is 7.51. The summed E-state index contributed by atoms with van der Waals surface area (Å²) in [7, 11) is -2.01. The monoisotopic (exact) mass is 399 g/mol. The van der Waals surface area contributed by atoms with Gasteiger partial charge in [-0.1, -0.05) is 0 Å². The lowest BCUT2D eigenvalue weighted by Gasteiger charge is -2.26. The van der Waals surface area contributed by atoms with E-state index in [2.05, 4.69) is 4.98 Å². The van der Waals surface area contributed by atoms with Gasteiger partial charge in [0.25, 0.3) is 0 Å². The Morgan fingerprint density at radius 1 is 1.14 bits per heavy atom. The van der Waals surface area contributed by atoms with Crippen LogP contribution in [0, 0.1) is 5.82 Å². The number of aromatic amines is 1. The van der Waals surface area contributed by atoms with Gasteiger partial charge in [0.15, 0.2) is 0 Å². The van der Waals surface area contributed by atoms with Gasteiger partial charge in [-0.3, -0.25) is 4.79 Å². The fourth-order valence-electron chi connectivity index (χ4n) is 4.13. The maximum absolute atomic E-state index is 13.5. The SMILES string of the molecule is CN1C(=O)Cc2cc(S(=O)(=O)N3CCc4[nH]c5cc(F)ccc5c4C3)ccc21. The van der Waals surface area contributed by atoms with Crippen LogP contribution in [0.4, 0.5) is 10.1 Å². The van der Waals surface area contributed by atoms with Gasteiger partial charge < -0.3 is 9.88 Å². The van der Waals surface area contributed by atoms with Crippen LogP contribution in [-0.2, 0) is 34.2 Å². The van der Waals surface area contributed by atoms with Crippen molar-refractivity contribution in [1.82, 2.24) is 9.29 Å². The number of rotatable bonds is 2. The summed E-state index contributed by atoms with van der Waals surface area (Å²) in [6.45, 7) is 0.583. The Kier molecular flexibility index (Phi) is 3.66. The number of sulfonamides is 1. The molecular weight excluding hydrogens is 381 g/mol. The van der Waals surface area contributed by atoms with E-state index < -0.39 is 10.0 Å². The number of hydrogen-bond acceptors (Lipinski definition) is 3. The van der Waals surface area contributed by atoms with Crippen molar-refractivity contribution in [3.8, 4) is 0 Å². The third kappa shape index (κ3) is 2.48. The van der Waals surface area contributed by atoms with Crippen LogP contribution in [0.3, 0.4) is 0 Å². The molecule has 2 aliphatic heterocycles. The molecule has 2 aliphatic rings. The molecule has 8 heteroatoms. The number of fused-ring (bicyclic) bond motifs is 4.